The molecule has 1 heterocycles. The van der Waals surface area contributed by atoms with Crippen LogP contribution in [0.2, 0.25) is 0 Å². The lowest BCUT2D eigenvalue weighted by Gasteiger charge is -2.24. The molecule has 0 amide bonds. The molecule has 0 fully saturated rings. The third kappa shape index (κ3) is 3.92. The number of hydrogen-bond acceptors (Lipinski definition) is 6. The van der Waals surface area contributed by atoms with Crippen LogP contribution < -0.4 is 4.90 Å². The van der Waals surface area contributed by atoms with Crippen molar-refractivity contribution >= 4 is 11.5 Å². The molecule has 0 saturated carbocycles. The number of aromatic nitrogens is 2. The first-order valence-electron chi connectivity index (χ1n) is 6.78. The van der Waals surface area contributed by atoms with Gasteiger partial charge in [-0.3, -0.25) is 10.1 Å². The fourth-order valence-electron chi connectivity index (χ4n) is 2.11. The molecule has 0 aliphatic carbocycles. The number of hydrogen-bond donors (Lipinski definition) is 0. The number of ether oxygens (including phenoxy) is 1. The fourth-order valence-corrected chi connectivity index (χ4v) is 2.11. The normalized spacial score (nSPS) is 10.7. The highest BCUT2D eigenvalue weighted by atomic mass is 16.6. The summed E-state index contributed by atoms with van der Waals surface area (Å²) in [6, 6.07) is 2.05. The third-order valence-electron chi connectivity index (χ3n) is 3.06. The number of rotatable bonds is 8. The lowest BCUT2D eigenvalue weighted by atomic mass is 10.3. The lowest BCUT2D eigenvalue weighted by molar-refractivity contribution is -0.384. The van der Waals surface area contributed by atoms with Crippen LogP contribution in [0.15, 0.2) is 0 Å². The molecule has 0 aliphatic heterocycles. The summed E-state index contributed by atoms with van der Waals surface area (Å²) in [5.74, 6) is 0.444. The maximum absolute atomic E-state index is 11.4. The third-order valence-corrected chi connectivity index (χ3v) is 3.06. The minimum absolute atomic E-state index is 0.00209. The molecule has 0 bridgehead atoms. The first-order chi connectivity index (χ1) is 9.93. The van der Waals surface area contributed by atoms with E-state index in [1.54, 1.807) is 23.6 Å². The Bertz CT molecular complexity index is 533. The van der Waals surface area contributed by atoms with Gasteiger partial charge in [-0.15, -0.1) is 0 Å². The van der Waals surface area contributed by atoms with Crippen LogP contribution in [0, 0.1) is 28.4 Å². The van der Waals surface area contributed by atoms with Gasteiger partial charge >= 0.3 is 5.69 Å². The van der Waals surface area contributed by atoms with E-state index in [0.717, 1.165) is 0 Å². The van der Waals surface area contributed by atoms with E-state index in [9.17, 15) is 10.1 Å². The molecular formula is C13H21N5O3. The Kier molecular flexibility index (Phi) is 6.11. The maximum Gasteiger partial charge on any atom is 0.333 e. The Balaban J connectivity index is 3.31. The van der Waals surface area contributed by atoms with Crippen LogP contribution in [0.3, 0.4) is 0 Å². The molecule has 1 rings (SSSR count). The van der Waals surface area contributed by atoms with Crippen molar-refractivity contribution in [2.45, 2.75) is 33.2 Å². The quantitative estimate of drug-likeness (QED) is 0.537. The summed E-state index contributed by atoms with van der Waals surface area (Å²) in [7, 11) is 1.57. The van der Waals surface area contributed by atoms with E-state index in [-0.39, 0.29) is 18.2 Å². The largest absolute Gasteiger partial charge is 0.383 e. The van der Waals surface area contributed by atoms with Crippen molar-refractivity contribution in [2.75, 3.05) is 31.7 Å². The number of nitriles is 1. The average molecular weight is 295 g/mol. The number of methoxy groups -OCH3 is 1. The van der Waals surface area contributed by atoms with Crippen LogP contribution in [0.4, 0.5) is 11.5 Å². The first kappa shape index (κ1) is 16.9. The average Bonchev–Trinajstić information content (AvgIpc) is 2.77. The highest BCUT2D eigenvalue weighted by Gasteiger charge is 2.30. The van der Waals surface area contributed by atoms with Gasteiger partial charge in [-0.25, -0.2) is 4.68 Å². The van der Waals surface area contributed by atoms with Gasteiger partial charge in [0.05, 0.1) is 24.0 Å². The smallest absolute Gasteiger partial charge is 0.333 e. The van der Waals surface area contributed by atoms with Crippen LogP contribution in [0.1, 0.15) is 32.0 Å². The molecule has 8 heteroatoms. The fraction of sp³-hybridized carbons (Fsp3) is 0.692. The van der Waals surface area contributed by atoms with Crippen molar-refractivity contribution in [1.29, 1.82) is 5.26 Å². The predicted molar refractivity (Wildman–Crippen MR) is 78.3 cm³/mol. The molecular weight excluding hydrogens is 274 g/mol. The van der Waals surface area contributed by atoms with E-state index in [2.05, 4.69) is 11.2 Å². The molecule has 21 heavy (non-hydrogen) atoms. The second-order valence-electron chi connectivity index (χ2n) is 4.94. The molecule has 0 aromatic carbocycles. The van der Waals surface area contributed by atoms with Crippen LogP contribution in [-0.4, -0.2) is 41.5 Å². The summed E-state index contributed by atoms with van der Waals surface area (Å²) in [5.41, 5.74) is 0.376. The Morgan fingerprint density at radius 3 is 2.67 bits per heavy atom. The zero-order chi connectivity index (χ0) is 16.0. The molecule has 0 N–H and O–H groups in total. The zero-order valence-electron chi connectivity index (χ0n) is 12.9. The van der Waals surface area contributed by atoms with Gasteiger partial charge in [0.15, 0.2) is 0 Å². The SMILES string of the molecule is COCCN(CCC#N)c1c([N+](=O)[O-])c(C)nn1C(C)C. The molecule has 116 valence electrons. The molecule has 1 aromatic heterocycles. The van der Waals surface area contributed by atoms with Crippen LogP contribution >= 0.6 is 0 Å². The molecule has 0 atom stereocenters. The molecule has 8 nitrogen and oxygen atoms in total. The van der Waals surface area contributed by atoms with Crippen molar-refractivity contribution in [2.24, 2.45) is 0 Å². The van der Waals surface area contributed by atoms with Crippen LogP contribution in [0.25, 0.3) is 0 Å². The Morgan fingerprint density at radius 1 is 1.52 bits per heavy atom. The van der Waals surface area contributed by atoms with Gasteiger partial charge in [0, 0.05) is 26.2 Å². The number of nitro groups is 1. The predicted octanol–water partition coefficient (Wildman–Crippen LogP) is 2.05. The highest BCUT2D eigenvalue weighted by Crippen LogP contribution is 2.33. The number of anilines is 1. The molecule has 0 unspecified atom stereocenters. The van der Waals surface area contributed by atoms with E-state index in [1.807, 2.05) is 13.8 Å². The van der Waals surface area contributed by atoms with E-state index in [0.29, 0.717) is 31.2 Å². The van der Waals surface area contributed by atoms with Gasteiger partial charge in [0.2, 0.25) is 5.82 Å². The highest BCUT2D eigenvalue weighted by molar-refractivity contribution is 5.61. The summed E-state index contributed by atoms with van der Waals surface area (Å²) in [5, 5.41) is 24.4. The maximum atomic E-state index is 11.4. The molecule has 1 aromatic rings. The minimum Gasteiger partial charge on any atom is -0.383 e. The first-order valence-corrected chi connectivity index (χ1v) is 6.78. The van der Waals surface area contributed by atoms with Gasteiger partial charge in [-0.05, 0) is 20.8 Å². The molecule has 0 aliphatic rings. The monoisotopic (exact) mass is 295 g/mol. The second-order valence-corrected chi connectivity index (χ2v) is 4.94. The van der Waals surface area contributed by atoms with Gasteiger partial charge in [-0.2, -0.15) is 10.4 Å². The van der Waals surface area contributed by atoms with E-state index < -0.39 is 4.92 Å². The summed E-state index contributed by atoms with van der Waals surface area (Å²) in [6.07, 6.45) is 0.281. The Labute approximate surface area is 124 Å². The van der Waals surface area contributed by atoms with Crippen molar-refractivity contribution in [3.8, 4) is 6.07 Å². The minimum atomic E-state index is -0.414. The standard InChI is InChI=1S/C13H21N5O3/c1-10(2)17-13(12(18(19)20)11(3)15-17)16(7-5-6-14)8-9-21-4/h10H,5,7-9H2,1-4H3. The van der Waals surface area contributed by atoms with Crippen molar-refractivity contribution < 1.29 is 9.66 Å². The Morgan fingerprint density at radius 2 is 2.19 bits per heavy atom. The van der Waals surface area contributed by atoms with Crippen molar-refractivity contribution in [3.05, 3.63) is 15.8 Å². The van der Waals surface area contributed by atoms with Crippen LogP contribution in [0.5, 0.6) is 0 Å². The number of nitrogens with zero attached hydrogens (tertiary/aromatic N) is 5. The topological polar surface area (TPSA) is 97.2 Å². The second kappa shape index (κ2) is 7.59. The lowest BCUT2D eigenvalue weighted by Crippen LogP contribution is -2.31. The van der Waals surface area contributed by atoms with E-state index in [4.69, 9.17) is 10.00 Å². The summed E-state index contributed by atoms with van der Waals surface area (Å²) >= 11 is 0. The van der Waals surface area contributed by atoms with Gasteiger partial charge in [-0.1, -0.05) is 0 Å². The molecule has 0 radical (unpaired) electrons. The summed E-state index contributed by atoms with van der Waals surface area (Å²) in [6.45, 7) is 6.75. The van der Waals surface area contributed by atoms with Crippen molar-refractivity contribution in [3.63, 3.8) is 0 Å². The Hall–Kier alpha value is -2.14. The summed E-state index contributed by atoms with van der Waals surface area (Å²) < 4.78 is 6.70. The summed E-state index contributed by atoms with van der Waals surface area (Å²) in [4.78, 5) is 12.7. The van der Waals surface area contributed by atoms with Gasteiger partial charge in [0.1, 0.15) is 5.69 Å². The van der Waals surface area contributed by atoms with Gasteiger partial charge < -0.3 is 9.64 Å². The van der Waals surface area contributed by atoms with Gasteiger partial charge in [0.25, 0.3) is 0 Å². The van der Waals surface area contributed by atoms with E-state index >= 15 is 0 Å². The molecule has 0 spiro atoms. The van der Waals surface area contributed by atoms with E-state index in [1.165, 1.54) is 0 Å². The van der Waals surface area contributed by atoms with Crippen LogP contribution in [-0.2, 0) is 4.74 Å². The zero-order valence-corrected chi connectivity index (χ0v) is 12.9. The number of aryl methyl sites for hydroxylation is 1. The van der Waals surface area contributed by atoms with Crippen molar-refractivity contribution in [1.82, 2.24) is 9.78 Å². The molecule has 0 saturated heterocycles.